The lowest BCUT2D eigenvalue weighted by atomic mass is 10.2. The fourth-order valence-electron chi connectivity index (χ4n) is 2.19. The van der Waals surface area contributed by atoms with Gasteiger partial charge in [0.25, 0.3) is 0 Å². The van der Waals surface area contributed by atoms with E-state index in [1.807, 2.05) is 6.07 Å². The quantitative estimate of drug-likeness (QED) is 0.780. The topological polar surface area (TPSA) is 65.6 Å². The van der Waals surface area contributed by atoms with Gasteiger partial charge in [0.05, 0.1) is 17.6 Å². The first kappa shape index (κ1) is 12.1. The van der Waals surface area contributed by atoms with Crippen molar-refractivity contribution in [2.45, 2.75) is 6.42 Å². The number of aliphatic hydroxyl groups excluding tert-OH is 1. The van der Waals surface area contributed by atoms with Crippen LogP contribution < -0.4 is 10.6 Å². The van der Waals surface area contributed by atoms with Gasteiger partial charge in [-0.3, -0.25) is 9.88 Å². The van der Waals surface area contributed by atoms with Crippen molar-refractivity contribution in [1.82, 2.24) is 9.88 Å². The van der Waals surface area contributed by atoms with Gasteiger partial charge in [0.15, 0.2) is 0 Å². The smallest absolute Gasteiger partial charge is 0.0738 e. The van der Waals surface area contributed by atoms with Crippen LogP contribution in [-0.2, 0) is 0 Å². The number of aliphatic hydroxyl groups is 1. The van der Waals surface area contributed by atoms with E-state index in [0.29, 0.717) is 0 Å². The lowest BCUT2D eigenvalue weighted by Gasteiger charge is -2.36. The highest BCUT2D eigenvalue weighted by Crippen LogP contribution is 2.22. The highest BCUT2D eigenvalue weighted by Gasteiger charge is 2.17. The van der Waals surface area contributed by atoms with E-state index in [1.54, 1.807) is 12.4 Å². The molecule has 0 aliphatic carbocycles. The Labute approximate surface area is 102 Å². The van der Waals surface area contributed by atoms with Crippen molar-refractivity contribution < 1.29 is 5.11 Å². The number of nitrogens with zero attached hydrogens (tertiary/aromatic N) is 3. The van der Waals surface area contributed by atoms with Crippen LogP contribution >= 0.6 is 0 Å². The lowest BCUT2D eigenvalue weighted by Crippen LogP contribution is -2.47. The normalized spacial score (nSPS) is 17.4. The molecular weight excluding hydrogens is 216 g/mol. The summed E-state index contributed by atoms with van der Waals surface area (Å²) in [6.45, 7) is 5.29. The number of pyridine rings is 1. The molecule has 0 unspecified atom stereocenters. The summed E-state index contributed by atoms with van der Waals surface area (Å²) in [5.41, 5.74) is 7.75. The van der Waals surface area contributed by atoms with E-state index in [4.69, 9.17) is 10.8 Å². The van der Waals surface area contributed by atoms with E-state index in [-0.39, 0.29) is 6.61 Å². The van der Waals surface area contributed by atoms with Crippen LogP contribution in [0.5, 0.6) is 0 Å². The Kier molecular flexibility index (Phi) is 4.17. The number of nitrogens with two attached hydrogens (primary N) is 1. The van der Waals surface area contributed by atoms with Crippen molar-refractivity contribution in [3.05, 3.63) is 18.5 Å². The molecule has 0 atom stereocenters. The highest BCUT2D eigenvalue weighted by atomic mass is 16.3. The van der Waals surface area contributed by atoms with Gasteiger partial charge in [0, 0.05) is 45.5 Å². The van der Waals surface area contributed by atoms with Gasteiger partial charge in [0.1, 0.15) is 0 Å². The minimum absolute atomic E-state index is 0.275. The predicted octanol–water partition coefficient (Wildman–Crippen LogP) is 0.168. The van der Waals surface area contributed by atoms with Crippen LogP contribution in [-0.4, -0.2) is 54.3 Å². The molecule has 0 spiro atoms. The van der Waals surface area contributed by atoms with Gasteiger partial charge >= 0.3 is 0 Å². The summed E-state index contributed by atoms with van der Waals surface area (Å²) in [7, 11) is 0. The first-order valence-corrected chi connectivity index (χ1v) is 6.09. The molecule has 2 heterocycles. The number of piperazine rings is 1. The Balaban J connectivity index is 1.89. The molecule has 5 nitrogen and oxygen atoms in total. The maximum absolute atomic E-state index is 8.80. The van der Waals surface area contributed by atoms with Crippen LogP contribution in [0.3, 0.4) is 0 Å². The van der Waals surface area contributed by atoms with Crippen LogP contribution in [0, 0.1) is 0 Å². The molecule has 3 N–H and O–H groups in total. The van der Waals surface area contributed by atoms with Crippen LogP contribution in [0.25, 0.3) is 0 Å². The molecule has 0 amide bonds. The number of nitrogen functional groups attached to an aromatic ring is 1. The van der Waals surface area contributed by atoms with E-state index in [1.165, 1.54) is 0 Å². The van der Waals surface area contributed by atoms with E-state index < -0.39 is 0 Å². The fraction of sp³-hybridized carbons (Fsp3) is 0.583. The van der Waals surface area contributed by atoms with Gasteiger partial charge in [-0.05, 0) is 12.5 Å². The maximum Gasteiger partial charge on any atom is 0.0738 e. The SMILES string of the molecule is Nc1cnccc1N1CCN(CCCO)CC1. The molecule has 1 aliphatic rings. The average Bonchev–Trinajstić information content (AvgIpc) is 2.38. The zero-order valence-corrected chi connectivity index (χ0v) is 10.0. The van der Waals surface area contributed by atoms with Crippen molar-refractivity contribution in [1.29, 1.82) is 0 Å². The van der Waals surface area contributed by atoms with Gasteiger partial charge in [-0.15, -0.1) is 0 Å². The number of rotatable bonds is 4. The molecule has 5 heteroatoms. The summed E-state index contributed by atoms with van der Waals surface area (Å²) in [4.78, 5) is 8.68. The first-order chi connectivity index (χ1) is 8.31. The Bertz CT molecular complexity index is 350. The van der Waals surface area contributed by atoms with Crippen molar-refractivity contribution in [2.24, 2.45) is 0 Å². The average molecular weight is 236 g/mol. The maximum atomic E-state index is 8.80. The Hall–Kier alpha value is -1.33. The molecule has 0 aromatic carbocycles. The molecule has 1 aliphatic heterocycles. The minimum atomic E-state index is 0.275. The summed E-state index contributed by atoms with van der Waals surface area (Å²) >= 11 is 0. The third-order valence-corrected chi connectivity index (χ3v) is 3.17. The van der Waals surface area contributed by atoms with Gasteiger partial charge in [-0.25, -0.2) is 0 Å². The van der Waals surface area contributed by atoms with Gasteiger partial charge in [-0.1, -0.05) is 0 Å². The monoisotopic (exact) mass is 236 g/mol. The van der Waals surface area contributed by atoms with Crippen molar-refractivity contribution in [3.63, 3.8) is 0 Å². The van der Waals surface area contributed by atoms with Crippen molar-refractivity contribution >= 4 is 11.4 Å². The standard InChI is InChI=1S/C12H20N4O/c13-11-10-14-3-2-12(11)16-7-5-15(6-8-16)4-1-9-17/h2-3,10,17H,1,4-9,13H2. The molecule has 0 radical (unpaired) electrons. The lowest BCUT2D eigenvalue weighted by molar-refractivity contribution is 0.216. The van der Waals surface area contributed by atoms with Gasteiger partial charge in [-0.2, -0.15) is 0 Å². The predicted molar refractivity (Wildman–Crippen MR) is 69.0 cm³/mol. The molecule has 0 bridgehead atoms. The second-order valence-electron chi connectivity index (χ2n) is 4.34. The number of aromatic nitrogens is 1. The molecule has 1 aromatic heterocycles. The number of hydrogen-bond donors (Lipinski definition) is 2. The van der Waals surface area contributed by atoms with E-state index in [2.05, 4.69) is 14.8 Å². The fourth-order valence-corrected chi connectivity index (χ4v) is 2.19. The van der Waals surface area contributed by atoms with E-state index in [9.17, 15) is 0 Å². The molecule has 2 rings (SSSR count). The van der Waals surface area contributed by atoms with Crippen LogP contribution in [0.1, 0.15) is 6.42 Å². The molecule has 94 valence electrons. The Morgan fingerprint density at radius 2 is 2.06 bits per heavy atom. The molecule has 0 saturated carbocycles. The molecule has 1 aromatic rings. The summed E-state index contributed by atoms with van der Waals surface area (Å²) in [6.07, 6.45) is 4.34. The molecular formula is C12H20N4O. The van der Waals surface area contributed by atoms with Crippen LogP contribution in [0.4, 0.5) is 11.4 Å². The van der Waals surface area contributed by atoms with E-state index >= 15 is 0 Å². The third kappa shape index (κ3) is 3.08. The first-order valence-electron chi connectivity index (χ1n) is 6.09. The molecule has 1 fully saturated rings. The molecule has 17 heavy (non-hydrogen) atoms. The number of anilines is 2. The minimum Gasteiger partial charge on any atom is -0.396 e. The zero-order chi connectivity index (χ0) is 12.1. The second-order valence-corrected chi connectivity index (χ2v) is 4.34. The van der Waals surface area contributed by atoms with Crippen LogP contribution in [0.15, 0.2) is 18.5 Å². The summed E-state index contributed by atoms with van der Waals surface area (Å²) in [5, 5.41) is 8.80. The highest BCUT2D eigenvalue weighted by molar-refractivity contribution is 5.66. The molecule has 1 saturated heterocycles. The Morgan fingerprint density at radius 3 is 2.71 bits per heavy atom. The van der Waals surface area contributed by atoms with Gasteiger partial charge < -0.3 is 15.7 Å². The largest absolute Gasteiger partial charge is 0.396 e. The summed E-state index contributed by atoms with van der Waals surface area (Å²) in [5.74, 6) is 0. The zero-order valence-electron chi connectivity index (χ0n) is 10.0. The summed E-state index contributed by atoms with van der Waals surface area (Å²) in [6, 6.07) is 1.97. The summed E-state index contributed by atoms with van der Waals surface area (Å²) < 4.78 is 0. The van der Waals surface area contributed by atoms with Crippen molar-refractivity contribution in [2.75, 3.05) is 50.0 Å². The van der Waals surface area contributed by atoms with Crippen LogP contribution in [0.2, 0.25) is 0 Å². The third-order valence-electron chi connectivity index (χ3n) is 3.17. The second kappa shape index (κ2) is 5.84. The van der Waals surface area contributed by atoms with E-state index in [0.717, 1.165) is 50.5 Å². The Morgan fingerprint density at radius 1 is 1.29 bits per heavy atom. The van der Waals surface area contributed by atoms with Gasteiger partial charge in [0.2, 0.25) is 0 Å². The van der Waals surface area contributed by atoms with Crippen molar-refractivity contribution in [3.8, 4) is 0 Å². The number of hydrogen-bond acceptors (Lipinski definition) is 5.